The molecule has 0 aliphatic carbocycles. The third-order valence-electron chi connectivity index (χ3n) is 4.24. The first kappa shape index (κ1) is 21.2. The number of likely N-dealkylation sites (tertiary alicyclic amines) is 1. The average molecular weight is 446 g/mol. The van der Waals surface area contributed by atoms with Crippen LogP contribution in [0.3, 0.4) is 0 Å². The van der Waals surface area contributed by atoms with E-state index in [-0.39, 0.29) is 24.0 Å². The number of anilines is 1. The van der Waals surface area contributed by atoms with Gasteiger partial charge >= 0.3 is 0 Å². The number of nitrogens with zero attached hydrogens (tertiary/aromatic N) is 2. The van der Waals surface area contributed by atoms with Gasteiger partial charge in [-0.3, -0.25) is 4.99 Å². The summed E-state index contributed by atoms with van der Waals surface area (Å²) >= 11 is 0. The Labute approximate surface area is 163 Å². The van der Waals surface area contributed by atoms with Gasteiger partial charge in [-0.1, -0.05) is 25.1 Å². The summed E-state index contributed by atoms with van der Waals surface area (Å²) in [6.07, 6.45) is 3.74. The van der Waals surface area contributed by atoms with E-state index >= 15 is 0 Å². The molecule has 1 heterocycles. The fourth-order valence-corrected chi connectivity index (χ4v) is 3.08. The van der Waals surface area contributed by atoms with Crippen LogP contribution in [0.1, 0.15) is 31.7 Å². The van der Waals surface area contributed by atoms with Crippen molar-refractivity contribution >= 4 is 35.6 Å². The zero-order chi connectivity index (χ0) is 16.5. The van der Waals surface area contributed by atoms with Crippen LogP contribution in [0.25, 0.3) is 0 Å². The minimum absolute atomic E-state index is 0. The van der Waals surface area contributed by atoms with Gasteiger partial charge in [-0.15, -0.1) is 24.0 Å². The SMILES string of the molecule is COCc1ccccc1NC(N)=NCCCN1CCCC(C)C1.I. The summed E-state index contributed by atoms with van der Waals surface area (Å²) in [7, 11) is 1.69. The van der Waals surface area contributed by atoms with Crippen molar-refractivity contribution in [2.75, 3.05) is 38.6 Å². The van der Waals surface area contributed by atoms with Crippen molar-refractivity contribution in [1.82, 2.24) is 4.90 Å². The molecule has 2 rings (SSSR count). The summed E-state index contributed by atoms with van der Waals surface area (Å²) in [6.45, 7) is 7.22. The molecule has 5 nitrogen and oxygen atoms in total. The molecule has 1 aromatic rings. The molecule has 0 aromatic heterocycles. The molecule has 136 valence electrons. The van der Waals surface area contributed by atoms with Gasteiger partial charge in [0.2, 0.25) is 0 Å². The molecule has 3 N–H and O–H groups in total. The van der Waals surface area contributed by atoms with E-state index in [9.17, 15) is 0 Å². The maximum atomic E-state index is 6.00. The van der Waals surface area contributed by atoms with Gasteiger partial charge in [-0.25, -0.2) is 0 Å². The van der Waals surface area contributed by atoms with Gasteiger partial charge in [0.15, 0.2) is 5.96 Å². The first-order valence-corrected chi connectivity index (χ1v) is 8.55. The Morgan fingerprint density at radius 2 is 2.21 bits per heavy atom. The highest BCUT2D eigenvalue weighted by molar-refractivity contribution is 14.0. The molecule has 0 radical (unpaired) electrons. The quantitative estimate of drug-likeness (QED) is 0.292. The Morgan fingerprint density at radius 3 is 2.96 bits per heavy atom. The van der Waals surface area contributed by atoms with Crippen LogP contribution in [0.4, 0.5) is 5.69 Å². The fraction of sp³-hybridized carbons (Fsp3) is 0.611. The van der Waals surface area contributed by atoms with Crippen LogP contribution in [0.5, 0.6) is 0 Å². The van der Waals surface area contributed by atoms with Gasteiger partial charge in [-0.2, -0.15) is 0 Å². The summed E-state index contributed by atoms with van der Waals surface area (Å²) in [4.78, 5) is 6.98. The van der Waals surface area contributed by atoms with Crippen molar-refractivity contribution in [2.24, 2.45) is 16.6 Å². The van der Waals surface area contributed by atoms with E-state index in [1.807, 2.05) is 24.3 Å². The van der Waals surface area contributed by atoms with Crippen LogP contribution in [0, 0.1) is 5.92 Å². The number of guanidine groups is 1. The lowest BCUT2D eigenvalue weighted by molar-refractivity contribution is 0.183. The number of hydrogen-bond donors (Lipinski definition) is 2. The molecule has 1 saturated heterocycles. The first-order valence-electron chi connectivity index (χ1n) is 8.55. The Bertz CT molecular complexity index is 510. The maximum absolute atomic E-state index is 6.00. The Morgan fingerprint density at radius 1 is 1.42 bits per heavy atom. The van der Waals surface area contributed by atoms with Crippen LogP contribution >= 0.6 is 24.0 Å². The Balaban J connectivity index is 0.00000288. The highest BCUT2D eigenvalue weighted by Gasteiger charge is 2.15. The summed E-state index contributed by atoms with van der Waals surface area (Å²) in [5.41, 5.74) is 8.03. The normalized spacial score (nSPS) is 18.9. The maximum Gasteiger partial charge on any atom is 0.193 e. The van der Waals surface area contributed by atoms with E-state index in [1.165, 1.54) is 25.9 Å². The van der Waals surface area contributed by atoms with E-state index in [4.69, 9.17) is 10.5 Å². The monoisotopic (exact) mass is 446 g/mol. The predicted octanol–water partition coefficient (Wildman–Crippen LogP) is 3.30. The van der Waals surface area contributed by atoms with Crippen molar-refractivity contribution in [2.45, 2.75) is 32.8 Å². The molecule has 1 atom stereocenters. The number of nitrogens with two attached hydrogens (primary N) is 1. The van der Waals surface area contributed by atoms with E-state index in [1.54, 1.807) is 7.11 Å². The molecule has 0 amide bonds. The predicted molar refractivity (Wildman–Crippen MR) is 112 cm³/mol. The number of para-hydroxylation sites is 1. The number of benzene rings is 1. The number of piperidine rings is 1. The molecule has 1 aliphatic heterocycles. The Hall–Kier alpha value is -0.860. The lowest BCUT2D eigenvalue weighted by atomic mass is 10.0. The lowest BCUT2D eigenvalue weighted by Crippen LogP contribution is -2.35. The molecule has 0 bridgehead atoms. The summed E-state index contributed by atoms with van der Waals surface area (Å²) in [5, 5.41) is 3.17. The molecular formula is C18H31IN4O. The lowest BCUT2D eigenvalue weighted by Gasteiger charge is -2.30. The third-order valence-corrected chi connectivity index (χ3v) is 4.24. The standard InChI is InChI=1S/C18H30N4O.HI/c1-15-7-5-11-22(13-15)12-6-10-20-18(19)21-17-9-4-3-8-16(17)14-23-2;/h3-4,8-9,15H,5-7,10-14H2,1-2H3,(H3,19,20,21);1H. The molecule has 1 unspecified atom stereocenters. The fourth-order valence-electron chi connectivity index (χ4n) is 3.08. The molecule has 0 saturated carbocycles. The topological polar surface area (TPSA) is 62.9 Å². The van der Waals surface area contributed by atoms with Crippen LogP contribution < -0.4 is 11.1 Å². The van der Waals surface area contributed by atoms with Gasteiger partial charge in [-0.05, 0) is 44.3 Å². The van der Waals surface area contributed by atoms with Crippen molar-refractivity contribution in [1.29, 1.82) is 0 Å². The van der Waals surface area contributed by atoms with Gasteiger partial charge in [0.05, 0.1) is 6.61 Å². The highest BCUT2D eigenvalue weighted by atomic mass is 127. The summed E-state index contributed by atoms with van der Waals surface area (Å²) in [6, 6.07) is 7.99. The van der Waals surface area contributed by atoms with Crippen LogP contribution in [-0.2, 0) is 11.3 Å². The van der Waals surface area contributed by atoms with Crippen molar-refractivity contribution in [3.63, 3.8) is 0 Å². The zero-order valence-corrected chi connectivity index (χ0v) is 17.2. The summed E-state index contributed by atoms with van der Waals surface area (Å²) in [5.74, 6) is 1.30. The second-order valence-electron chi connectivity index (χ2n) is 6.38. The minimum atomic E-state index is 0. The molecule has 6 heteroatoms. The van der Waals surface area contributed by atoms with Gasteiger partial charge in [0.1, 0.15) is 0 Å². The molecule has 0 spiro atoms. The van der Waals surface area contributed by atoms with Gasteiger partial charge < -0.3 is 20.7 Å². The Kier molecular flexibility index (Phi) is 10.3. The van der Waals surface area contributed by atoms with E-state index in [0.717, 1.165) is 36.7 Å². The number of halogens is 1. The number of nitrogens with one attached hydrogen (secondary N) is 1. The largest absolute Gasteiger partial charge is 0.380 e. The smallest absolute Gasteiger partial charge is 0.193 e. The number of rotatable bonds is 7. The molecule has 1 aliphatic rings. The molecule has 24 heavy (non-hydrogen) atoms. The minimum Gasteiger partial charge on any atom is -0.380 e. The van der Waals surface area contributed by atoms with Crippen molar-refractivity contribution < 1.29 is 4.74 Å². The second kappa shape index (κ2) is 11.7. The molecule has 1 fully saturated rings. The van der Waals surface area contributed by atoms with E-state index in [0.29, 0.717) is 12.6 Å². The number of methoxy groups -OCH3 is 1. The number of hydrogen-bond acceptors (Lipinski definition) is 3. The van der Waals surface area contributed by atoms with Crippen LogP contribution in [0.2, 0.25) is 0 Å². The van der Waals surface area contributed by atoms with E-state index in [2.05, 4.69) is 22.1 Å². The summed E-state index contributed by atoms with van der Waals surface area (Å²) < 4.78 is 5.20. The van der Waals surface area contributed by atoms with Gasteiger partial charge in [0, 0.05) is 31.5 Å². The second-order valence-corrected chi connectivity index (χ2v) is 6.38. The van der Waals surface area contributed by atoms with Gasteiger partial charge in [0.25, 0.3) is 0 Å². The molecule has 1 aromatic carbocycles. The zero-order valence-electron chi connectivity index (χ0n) is 14.8. The highest BCUT2D eigenvalue weighted by Crippen LogP contribution is 2.16. The average Bonchev–Trinajstić information content (AvgIpc) is 2.54. The van der Waals surface area contributed by atoms with Crippen molar-refractivity contribution in [3.8, 4) is 0 Å². The number of ether oxygens (including phenoxy) is 1. The number of aliphatic imine (C=N–C) groups is 1. The van der Waals surface area contributed by atoms with E-state index < -0.39 is 0 Å². The third kappa shape index (κ3) is 7.36. The van der Waals surface area contributed by atoms with Crippen LogP contribution in [0.15, 0.2) is 29.3 Å². The van der Waals surface area contributed by atoms with Crippen LogP contribution in [-0.4, -0.2) is 44.1 Å². The van der Waals surface area contributed by atoms with Crippen molar-refractivity contribution in [3.05, 3.63) is 29.8 Å². The first-order chi connectivity index (χ1) is 11.2. The molecular weight excluding hydrogens is 415 g/mol.